The van der Waals surface area contributed by atoms with Crippen LogP contribution in [0.3, 0.4) is 0 Å². The summed E-state index contributed by atoms with van der Waals surface area (Å²) in [5.41, 5.74) is 3.87. The molecule has 2 aromatic rings. The number of halogens is 1. The zero-order chi connectivity index (χ0) is 13.8. The van der Waals surface area contributed by atoms with Crippen LogP contribution in [0, 0.1) is 12.7 Å². The fourth-order valence-corrected chi connectivity index (χ4v) is 1.99. The molecular formula is C16H16FNO. The van der Waals surface area contributed by atoms with Crippen molar-refractivity contribution < 1.29 is 9.18 Å². The quantitative estimate of drug-likeness (QED) is 0.769. The number of carbonyl (C=O) groups excluding carboxylic acids is 1. The van der Waals surface area contributed by atoms with Crippen LogP contribution in [0.2, 0.25) is 0 Å². The van der Waals surface area contributed by atoms with E-state index in [1.807, 2.05) is 31.2 Å². The fraction of sp³-hybridized carbons (Fsp3) is 0.188. The molecule has 98 valence electrons. The predicted octanol–water partition coefficient (Wildman–Crippen LogP) is 3.39. The molecule has 0 aliphatic rings. The van der Waals surface area contributed by atoms with Crippen molar-refractivity contribution in [2.45, 2.75) is 13.5 Å². The normalized spacial score (nSPS) is 10.3. The van der Waals surface area contributed by atoms with Gasteiger partial charge in [-0.05, 0) is 35.7 Å². The first-order valence-corrected chi connectivity index (χ1v) is 6.11. The summed E-state index contributed by atoms with van der Waals surface area (Å²) < 4.78 is 13.4. The summed E-state index contributed by atoms with van der Waals surface area (Å²) in [6, 6.07) is 12.6. The summed E-state index contributed by atoms with van der Waals surface area (Å²) in [6.45, 7) is 2.48. The maximum Gasteiger partial charge on any atom is 0.209 e. The van der Waals surface area contributed by atoms with E-state index < -0.39 is 0 Å². The van der Waals surface area contributed by atoms with Gasteiger partial charge < -0.3 is 4.90 Å². The molecule has 0 fully saturated rings. The Kier molecular flexibility index (Phi) is 3.95. The van der Waals surface area contributed by atoms with Crippen LogP contribution < -0.4 is 0 Å². The van der Waals surface area contributed by atoms with Crippen LogP contribution in [-0.4, -0.2) is 18.4 Å². The molecule has 0 saturated carbocycles. The topological polar surface area (TPSA) is 20.3 Å². The molecule has 0 aliphatic heterocycles. The Morgan fingerprint density at radius 3 is 2.47 bits per heavy atom. The molecular weight excluding hydrogens is 241 g/mol. The van der Waals surface area contributed by atoms with Crippen LogP contribution >= 0.6 is 0 Å². The molecule has 0 heterocycles. The monoisotopic (exact) mass is 257 g/mol. The van der Waals surface area contributed by atoms with E-state index >= 15 is 0 Å². The van der Waals surface area contributed by atoms with Crippen molar-refractivity contribution in [2.75, 3.05) is 7.05 Å². The first-order chi connectivity index (χ1) is 9.10. The van der Waals surface area contributed by atoms with Crippen molar-refractivity contribution in [2.24, 2.45) is 0 Å². The van der Waals surface area contributed by atoms with E-state index in [9.17, 15) is 9.18 Å². The molecule has 2 nitrogen and oxygen atoms in total. The van der Waals surface area contributed by atoms with Gasteiger partial charge in [0.2, 0.25) is 6.41 Å². The third-order valence-corrected chi connectivity index (χ3v) is 3.03. The van der Waals surface area contributed by atoms with Crippen molar-refractivity contribution in [1.29, 1.82) is 0 Å². The Labute approximate surface area is 112 Å². The molecule has 0 radical (unpaired) electrons. The molecule has 2 aromatic carbocycles. The smallest absolute Gasteiger partial charge is 0.209 e. The number of amides is 1. The maximum atomic E-state index is 13.4. The Hall–Kier alpha value is -2.16. The highest BCUT2D eigenvalue weighted by Crippen LogP contribution is 2.26. The van der Waals surface area contributed by atoms with Gasteiger partial charge in [-0.25, -0.2) is 4.39 Å². The number of aryl methyl sites for hydroxylation is 1. The van der Waals surface area contributed by atoms with Crippen molar-refractivity contribution in [3.05, 3.63) is 59.4 Å². The lowest BCUT2D eigenvalue weighted by atomic mass is 9.98. The molecule has 3 heteroatoms. The molecule has 0 saturated heterocycles. The highest BCUT2D eigenvalue weighted by atomic mass is 19.1. The minimum Gasteiger partial charge on any atom is -0.344 e. The Balaban J connectivity index is 2.44. The number of hydrogen-bond donors (Lipinski definition) is 0. The third kappa shape index (κ3) is 3.19. The Morgan fingerprint density at radius 1 is 1.16 bits per heavy atom. The summed E-state index contributed by atoms with van der Waals surface area (Å²) in [7, 11) is 1.70. The molecule has 2 rings (SSSR count). The molecule has 0 N–H and O–H groups in total. The molecule has 0 aliphatic carbocycles. The third-order valence-electron chi connectivity index (χ3n) is 3.03. The summed E-state index contributed by atoms with van der Waals surface area (Å²) in [4.78, 5) is 12.3. The highest BCUT2D eigenvalue weighted by molar-refractivity contribution is 5.68. The number of carbonyl (C=O) groups is 1. The minimum absolute atomic E-state index is 0.270. The molecule has 0 atom stereocenters. The van der Waals surface area contributed by atoms with Crippen LogP contribution in [-0.2, 0) is 11.3 Å². The number of rotatable bonds is 4. The van der Waals surface area contributed by atoms with Gasteiger partial charge >= 0.3 is 0 Å². The number of hydrogen-bond acceptors (Lipinski definition) is 1. The standard InChI is InChI=1S/C16H16FNO/c1-12-3-5-13(6-4-12)16-9-15(17)8-7-14(16)10-18(2)11-19/h3-9,11H,10H2,1-2H3. The molecule has 19 heavy (non-hydrogen) atoms. The second-order valence-electron chi connectivity index (χ2n) is 4.69. The van der Waals surface area contributed by atoms with Gasteiger partial charge in [-0.2, -0.15) is 0 Å². The lowest BCUT2D eigenvalue weighted by Crippen LogP contribution is -2.15. The minimum atomic E-state index is -0.270. The van der Waals surface area contributed by atoms with E-state index in [-0.39, 0.29) is 5.82 Å². The van der Waals surface area contributed by atoms with Crippen LogP contribution in [0.1, 0.15) is 11.1 Å². The molecule has 0 unspecified atom stereocenters. The zero-order valence-electron chi connectivity index (χ0n) is 11.1. The predicted molar refractivity (Wildman–Crippen MR) is 74.1 cm³/mol. The van der Waals surface area contributed by atoms with E-state index in [0.717, 1.165) is 28.7 Å². The van der Waals surface area contributed by atoms with Gasteiger partial charge in [0.25, 0.3) is 0 Å². The summed E-state index contributed by atoms with van der Waals surface area (Å²) in [6.07, 6.45) is 0.766. The summed E-state index contributed by atoms with van der Waals surface area (Å²) >= 11 is 0. The Morgan fingerprint density at radius 2 is 1.84 bits per heavy atom. The molecule has 0 aromatic heterocycles. The summed E-state index contributed by atoms with van der Waals surface area (Å²) in [5.74, 6) is -0.270. The van der Waals surface area contributed by atoms with E-state index in [4.69, 9.17) is 0 Å². The SMILES string of the molecule is Cc1ccc(-c2cc(F)ccc2CN(C)C=O)cc1. The van der Waals surface area contributed by atoms with E-state index in [0.29, 0.717) is 6.54 Å². The van der Waals surface area contributed by atoms with E-state index in [2.05, 4.69) is 0 Å². The second kappa shape index (κ2) is 5.65. The highest BCUT2D eigenvalue weighted by Gasteiger charge is 2.08. The van der Waals surface area contributed by atoms with Crippen LogP contribution in [0.25, 0.3) is 11.1 Å². The lowest BCUT2D eigenvalue weighted by Gasteiger charge is -2.15. The van der Waals surface area contributed by atoms with Gasteiger partial charge in [-0.1, -0.05) is 35.9 Å². The molecule has 0 bridgehead atoms. The van der Waals surface area contributed by atoms with Crippen molar-refractivity contribution in [3.63, 3.8) is 0 Å². The maximum absolute atomic E-state index is 13.4. The van der Waals surface area contributed by atoms with Crippen LogP contribution in [0.15, 0.2) is 42.5 Å². The van der Waals surface area contributed by atoms with E-state index in [1.165, 1.54) is 17.0 Å². The van der Waals surface area contributed by atoms with Gasteiger partial charge in [0.1, 0.15) is 5.82 Å². The Bertz CT molecular complexity index is 578. The van der Waals surface area contributed by atoms with Crippen molar-refractivity contribution >= 4 is 6.41 Å². The van der Waals surface area contributed by atoms with Crippen LogP contribution in [0.5, 0.6) is 0 Å². The molecule has 0 spiro atoms. The average molecular weight is 257 g/mol. The van der Waals surface area contributed by atoms with Gasteiger partial charge in [0.05, 0.1) is 0 Å². The van der Waals surface area contributed by atoms with Crippen molar-refractivity contribution in [1.82, 2.24) is 4.90 Å². The van der Waals surface area contributed by atoms with Crippen molar-refractivity contribution in [3.8, 4) is 11.1 Å². The second-order valence-corrected chi connectivity index (χ2v) is 4.69. The van der Waals surface area contributed by atoms with Crippen LogP contribution in [0.4, 0.5) is 4.39 Å². The molecule has 1 amide bonds. The average Bonchev–Trinajstić information content (AvgIpc) is 2.41. The lowest BCUT2D eigenvalue weighted by molar-refractivity contribution is -0.117. The number of benzene rings is 2. The van der Waals surface area contributed by atoms with Gasteiger partial charge in [-0.15, -0.1) is 0 Å². The summed E-state index contributed by atoms with van der Waals surface area (Å²) in [5, 5.41) is 0. The van der Waals surface area contributed by atoms with Gasteiger partial charge in [-0.3, -0.25) is 4.79 Å². The largest absolute Gasteiger partial charge is 0.344 e. The first-order valence-electron chi connectivity index (χ1n) is 6.11. The van der Waals surface area contributed by atoms with Gasteiger partial charge in [0, 0.05) is 13.6 Å². The first kappa shape index (κ1) is 13.3. The fourth-order valence-electron chi connectivity index (χ4n) is 1.99. The van der Waals surface area contributed by atoms with Gasteiger partial charge in [0.15, 0.2) is 0 Å². The van der Waals surface area contributed by atoms with E-state index in [1.54, 1.807) is 13.1 Å². The number of nitrogens with zero attached hydrogens (tertiary/aromatic N) is 1. The zero-order valence-corrected chi connectivity index (χ0v) is 11.1.